The highest BCUT2D eigenvalue weighted by Crippen LogP contribution is 2.04. The Balaban J connectivity index is 0. The van der Waals surface area contributed by atoms with Crippen LogP contribution in [0.2, 0.25) is 0 Å². The molecule has 0 amide bonds. The summed E-state index contributed by atoms with van der Waals surface area (Å²) in [6.45, 7) is 11.3. The summed E-state index contributed by atoms with van der Waals surface area (Å²) in [7, 11) is 0. The van der Waals surface area contributed by atoms with Gasteiger partial charge in [-0.3, -0.25) is 0 Å². The number of nitriles is 1. The van der Waals surface area contributed by atoms with E-state index in [4.69, 9.17) is 5.26 Å². The SMILES string of the molecule is C=C/C(C)=C(C#N)\C=C/C.CC. The average Bonchev–Trinajstić information content (AvgIpc) is 2.16. The average molecular weight is 163 g/mol. The van der Waals surface area contributed by atoms with Crippen molar-refractivity contribution in [2.75, 3.05) is 0 Å². The molecule has 0 fully saturated rings. The maximum Gasteiger partial charge on any atom is 0.0994 e. The first-order chi connectivity index (χ1) is 5.76. The van der Waals surface area contributed by atoms with Crippen LogP contribution in [0.1, 0.15) is 27.7 Å². The summed E-state index contributed by atoms with van der Waals surface area (Å²) in [5.41, 5.74) is 1.60. The zero-order valence-electron chi connectivity index (χ0n) is 8.39. The Morgan fingerprint density at radius 1 is 1.42 bits per heavy atom. The van der Waals surface area contributed by atoms with Crippen LogP contribution in [0.4, 0.5) is 0 Å². The normalized spacial score (nSPS) is 10.9. The molecule has 0 aromatic carbocycles. The molecule has 0 aliphatic carbocycles. The molecule has 0 aliphatic rings. The lowest BCUT2D eigenvalue weighted by atomic mass is 10.1. The topological polar surface area (TPSA) is 23.8 Å². The van der Waals surface area contributed by atoms with Crippen molar-refractivity contribution in [3.05, 3.63) is 36.0 Å². The summed E-state index contributed by atoms with van der Waals surface area (Å²) in [5, 5.41) is 8.55. The minimum atomic E-state index is 0.678. The van der Waals surface area contributed by atoms with Crippen LogP contribution < -0.4 is 0 Å². The third-order valence-electron chi connectivity index (χ3n) is 1.18. The van der Waals surface area contributed by atoms with Gasteiger partial charge in [-0.2, -0.15) is 5.26 Å². The van der Waals surface area contributed by atoms with Gasteiger partial charge in [-0.25, -0.2) is 0 Å². The predicted octanol–water partition coefficient (Wildman–Crippen LogP) is 3.61. The van der Waals surface area contributed by atoms with Crippen molar-refractivity contribution < 1.29 is 0 Å². The van der Waals surface area contributed by atoms with E-state index in [0.29, 0.717) is 5.57 Å². The fourth-order valence-electron chi connectivity index (χ4n) is 0.534. The summed E-state index contributed by atoms with van der Waals surface area (Å²) in [6.07, 6.45) is 5.29. The van der Waals surface area contributed by atoms with Gasteiger partial charge >= 0.3 is 0 Å². The molecule has 1 nitrogen and oxygen atoms in total. The van der Waals surface area contributed by atoms with Gasteiger partial charge in [0.2, 0.25) is 0 Å². The Hall–Kier alpha value is -1.29. The summed E-state index contributed by atoms with van der Waals surface area (Å²) in [5.74, 6) is 0. The number of hydrogen-bond acceptors (Lipinski definition) is 1. The fourth-order valence-corrected chi connectivity index (χ4v) is 0.534. The summed E-state index contributed by atoms with van der Waals surface area (Å²) in [4.78, 5) is 0. The van der Waals surface area contributed by atoms with E-state index >= 15 is 0 Å². The quantitative estimate of drug-likeness (QED) is 0.450. The van der Waals surface area contributed by atoms with E-state index in [0.717, 1.165) is 5.57 Å². The van der Waals surface area contributed by atoms with Crippen molar-refractivity contribution in [3.8, 4) is 6.07 Å². The van der Waals surface area contributed by atoms with Gasteiger partial charge in [0.05, 0.1) is 11.6 Å². The van der Waals surface area contributed by atoms with Crippen LogP contribution in [-0.2, 0) is 0 Å². The second kappa shape index (κ2) is 9.71. The Morgan fingerprint density at radius 3 is 2.17 bits per heavy atom. The van der Waals surface area contributed by atoms with Crippen molar-refractivity contribution in [2.45, 2.75) is 27.7 Å². The molecule has 0 unspecified atom stereocenters. The molecule has 0 saturated carbocycles. The molecule has 0 radical (unpaired) electrons. The van der Waals surface area contributed by atoms with E-state index < -0.39 is 0 Å². The van der Waals surface area contributed by atoms with E-state index in [1.54, 1.807) is 12.2 Å². The highest BCUT2D eigenvalue weighted by Gasteiger charge is 1.90. The van der Waals surface area contributed by atoms with Crippen LogP contribution in [0.3, 0.4) is 0 Å². The van der Waals surface area contributed by atoms with Gasteiger partial charge in [0, 0.05) is 0 Å². The lowest BCUT2D eigenvalue weighted by molar-refractivity contribution is 1.42. The molecule has 1 heteroatoms. The molecule has 0 atom stereocenters. The van der Waals surface area contributed by atoms with Crippen LogP contribution in [0.5, 0.6) is 0 Å². The van der Waals surface area contributed by atoms with Crippen LogP contribution in [0, 0.1) is 11.3 Å². The summed E-state index contributed by atoms with van der Waals surface area (Å²) in [6, 6.07) is 2.08. The van der Waals surface area contributed by atoms with Crippen LogP contribution in [0.15, 0.2) is 36.0 Å². The van der Waals surface area contributed by atoms with Gasteiger partial charge in [-0.1, -0.05) is 32.6 Å². The van der Waals surface area contributed by atoms with E-state index in [9.17, 15) is 0 Å². The van der Waals surface area contributed by atoms with Crippen molar-refractivity contribution in [1.82, 2.24) is 0 Å². The van der Waals surface area contributed by atoms with Crippen LogP contribution >= 0.6 is 0 Å². The second-order valence-electron chi connectivity index (χ2n) is 1.91. The van der Waals surface area contributed by atoms with Crippen molar-refractivity contribution in [3.63, 3.8) is 0 Å². The van der Waals surface area contributed by atoms with Crippen molar-refractivity contribution >= 4 is 0 Å². The lowest BCUT2D eigenvalue weighted by Crippen LogP contribution is -1.76. The highest BCUT2D eigenvalue weighted by molar-refractivity contribution is 5.40. The number of nitrogens with zero attached hydrogens (tertiary/aromatic N) is 1. The molecular formula is C11H17N. The standard InChI is InChI=1S/C9H11N.C2H6/c1-4-6-9(7-10)8(3)5-2;1-2/h4-6H,2H2,1,3H3;1-2H3/b6-4-,9-8+;. The smallest absolute Gasteiger partial charge is 0.0994 e. The van der Waals surface area contributed by atoms with Gasteiger partial charge < -0.3 is 0 Å². The van der Waals surface area contributed by atoms with E-state index in [2.05, 4.69) is 12.6 Å². The predicted molar refractivity (Wildman–Crippen MR) is 54.7 cm³/mol. The van der Waals surface area contributed by atoms with Gasteiger partial charge in [-0.05, 0) is 25.5 Å². The molecule has 0 N–H and O–H groups in total. The third kappa shape index (κ3) is 5.49. The van der Waals surface area contributed by atoms with Gasteiger partial charge in [-0.15, -0.1) is 0 Å². The molecule has 0 heterocycles. The molecular weight excluding hydrogens is 146 g/mol. The zero-order chi connectivity index (χ0) is 9.98. The first-order valence-corrected chi connectivity index (χ1v) is 4.12. The molecule has 66 valence electrons. The van der Waals surface area contributed by atoms with Gasteiger partial charge in [0.25, 0.3) is 0 Å². The molecule has 0 saturated heterocycles. The van der Waals surface area contributed by atoms with Crippen LogP contribution in [-0.4, -0.2) is 0 Å². The van der Waals surface area contributed by atoms with Gasteiger partial charge in [0.1, 0.15) is 0 Å². The maximum atomic E-state index is 8.55. The monoisotopic (exact) mass is 163 g/mol. The molecule has 0 aromatic rings. The Bertz CT molecular complexity index is 214. The minimum absolute atomic E-state index is 0.678. The van der Waals surface area contributed by atoms with Crippen LogP contribution in [0.25, 0.3) is 0 Å². The number of rotatable bonds is 2. The summed E-state index contributed by atoms with van der Waals surface area (Å²) >= 11 is 0. The second-order valence-corrected chi connectivity index (χ2v) is 1.91. The van der Waals surface area contributed by atoms with Crippen molar-refractivity contribution in [2.24, 2.45) is 0 Å². The Labute approximate surface area is 75.7 Å². The first-order valence-electron chi connectivity index (χ1n) is 4.12. The molecule has 0 spiro atoms. The minimum Gasteiger partial charge on any atom is -0.192 e. The zero-order valence-corrected chi connectivity index (χ0v) is 8.39. The first kappa shape index (κ1) is 13.3. The van der Waals surface area contributed by atoms with Gasteiger partial charge in [0.15, 0.2) is 0 Å². The Kier molecular flexibility index (Phi) is 10.8. The highest BCUT2D eigenvalue weighted by atomic mass is 14.2. The largest absolute Gasteiger partial charge is 0.192 e. The van der Waals surface area contributed by atoms with E-state index in [1.165, 1.54) is 0 Å². The Morgan fingerprint density at radius 2 is 1.92 bits per heavy atom. The third-order valence-corrected chi connectivity index (χ3v) is 1.18. The number of hydrogen-bond donors (Lipinski definition) is 0. The maximum absolute atomic E-state index is 8.55. The van der Waals surface area contributed by atoms with E-state index in [-0.39, 0.29) is 0 Å². The number of allylic oxidation sites excluding steroid dienone is 5. The molecule has 0 aliphatic heterocycles. The van der Waals surface area contributed by atoms with Crippen molar-refractivity contribution in [1.29, 1.82) is 5.26 Å². The lowest BCUT2D eigenvalue weighted by Gasteiger charge is -1.90. The van der Waals surface area contributed by atoms with E-state index in [1.807, 2.05) is 33.8 Å². The molecule has 0 bridgehead atoms. The molecule has 0 rings (SSSR count). The fraction of sp³-hybridized carbons (Fsp3) is 0.364. The molecule has 12 heavy (non-hydrogen) atoms. The summed E-state index contributed by atoms with van der Waals surface area (Å²) < 4.78 is 0. The molecule has 0 aromatic heterocycles.